The molecule has 1 aliphatic rings. The fourth-order valence-corrected chi connectivity index (χ4v) is 4.85. The maximum absolute atomic E-state index is 14.3. The molecule has 1 unspecified atom stereocenters. The predicted molar refractivity (Wildman–Crippen MR) is 131 cm³/mol. The average Bonchev–Trinajstić information content (AvgIpc) is 3.57. The Hall–Kier alpha value is -3.98. The van der Waals surface area contributed by atoms with Crippen molar-refractivity contribution in [2.45, 2.75) is 19.4 Å². The van der Waals surface area contributed by atoms with Crippen LogP contribution in [0.1, 0.15) is 29.3 Å². The van der Waals surface area contributed by atoms with Crippen LogP contribution < -0.4 is 10.1 Å². The lowest BCUT2D eigenvalue weighted by Crippen LogP contribution is -2.46. The molecule has 4 aromatic rings. The van der Waals surface area contributed by atoms with Crippen molar-refractivity contribution < 1.29 is 18.4 Å². The molecule has 35 heavy (non-hydrogen) atoms. The van der Waals surface area contributed by atoms with E-state index in [2.05, 4.69) is 21.5 Å². The van der Waals surface area contributed by atoms with E-state index in [9.17, 15) is 9.18 Å². The Kier molecular flexibility index (Phi) is 6.33. The summed E-state index contributed by atoms with van der Waals surface area (Å²) in [4.78, 5) is 20.6. The first-order valence-electron chi connectivity index (χ1n) is 11.1. The molecule has 1 aliphatic heterocycles. The highest BCUT2D eigenvalue weighted by molar-refractivity contribution is 7.09. The summed E-state index contributed by atoms with van der Waals surface area (Å²) in [5.41, 5.74) is 2.79. The van der Waals surface area contributed by atoms with Crippen molar-refractivity contribution >= 4 is 22.9 Å². The van der Waals surface area contributed by atoms with Crippen molar-refractivity contribution in [2.24, 2.45) is 0 Å². The van der Waals surface area contributed by atoms with Crippen LogP contribution in [0.4, 0.5) is 9.18 Å². The number of ether oxygens (including phenoxy) is 1. The zero-order chi connectivity index (χ0) is 24.4. The number of methoxy groups -OCH3 is 1. The third-order valence-corrected chi connectivity index (χ3v) is 6.89. The van der Waals surface area contributed by atoms with Crippen LogP contribution >= 0.6 is 11.3 Å². The second-order valence-electron chi connectivity index (χ2n) is 8.05. The largest absolute Gasteiger partial charge is 0.494 e. The molecule has 2 aromatic carbocycles. The van der Waals surface area contributed by atoms with Crippen LogP contribution in [0.5, 0.6) is 5.75 Å². The molecule has 2 amide bonds. The number of carbonyl (C=O) groups is 1. The van der Waals surface area contributed by atoms with E-state index in [4.69, 9.17) is 9.26 Å². The van der Waals surface area contributed by atoms with Crippen LogP contribution in [0.3, 0.4) is 0 Å². The molecule has 5 rings (SSSR count). The molecule has 0 saturated heterocycles. The van der Waals surface area contributed by atoms with Crippen LogP contribution in [-0.2, 0) is 6.42 Å². The molecule has 0 saturated carbocycles. The topological polar surface area (TPSA) is 80.5 Å². The van der Waals surface area contributed by atoms with E-state index in [-0.39, 0.29) is 23.5 Å². The van der Waals surface area contributed by atoms with E-state index in [1.165, 1.54) is 24.1 Å². The van der Waals surface area contributed by atoms with Crippen molar-refractivity contribution in [2.75, 3.05) is 13.7 Å². The van der Waals surface area contributed by atoms with Crippen LogP contribution in [0.25, 0.3) is 17.0 Å². The normalized spacial score (nSPS) is 15.9. The number of nitrogens with one attached hydrogen (secondary N) is 1. The molecular formula is C26H23FN4O3S. The van der Waals surface area contributed by atoms with Crippen molar-refractivity contribution in [3.05, 3.63) is 93.9 Å². The number of halogens is 1. The van der Waals surface area contributed by atoms with Gasteiger partial charge in [-0.2, -0.15) is 4.98 Å². The summed E-state index contributed by atoms with van der Waals surface area (Å²) >= 11 is 1.66. The lowest BCUT2D eigenvalue weighted by molar-refractivity contribution is 0.205. The summed E-state index contributed by atoms with van der Waals surface area (Å²) < 4.78 is 24.9. The zero-order valence-electron chi connectivity index (χ0n) is 19.2. The van der Waals surface area contributed by atoms with Gasteiger partial charge in [0.15, 0.2) is 11.6 Å². The monoisotopic (exact) mass is 490 g/mol. The van der Waals surface area contributed by atoms with E-state index in [0.717, 1.165) is 17.7 Å². The van der Waals surface area contributed by atoms with Gasteiger partial charge in [-0.05, 0) is 48.6 Å². The maximum atomic E-state index is 14.3. The number of rotatable bonds is 7. The van der Waals surface area contributed by atoms with Gasteiger partial charge in [0, 0.05) is 22.7 Å². The minimum absolute atomic E-state index is 0.136. The lowest BCUT2D eigenvalue weighted by Gasteiger charge is -2.35. The second-order valence-corrected chi connectivity index (χ2v) is 9.08. The number of urea groups is 1. The minimum atomic E-state index is -0.515. The Balaban J connectivity index is 1.54. The van der Waals surface area contributed by atoms with Crippen molar-refractivity contribution in [1.29, 1.82) is 0 Å². The van der Waals surface area contributed by atoms with Gasteiger partial charge in [-0.1, -0.05) is 41.6 Å². The zero-order valence-corrected chi connectivity index (χ0v) is 20.0. The van der Waals surface area contributed by atoms with E-state index in [0.29, 0.717) is 17.7 Å². The van der Waals surface area contributed by atoms with Gasteiger partial charge in [0.05, 0.1) is 18.7 Å². The first-order valence-corrected chi connectivity index (χ1v) is 12.0. The summed E-state index contributed by atoms with van der Waals surface area (Å²) in [6.45, 7) is 2.39. The standard InChI is InChI=1S/C26H23FN4O3S/c1-16-22(25-29-24(30-34-25)18-10-11-21(33-2)20(27)15-18)23(17-7-4-3-5-8-17)28-26(32)31(16)13-12-19-9-6-14-35-19/h3-11,14-15,23H,12-13H2,1-2H3,(H,28,32). The summed E-state index contributed by atoms with van der Waals surface area (Å²) in [6, 6.07) is 17.5. The highest BCUT2D eigenvalue weighted by atomic mass is 32.1. The first kappa shape index (κ1) is 22.8. The van der Waals surface area contributed by atoms with Crippen molar-refractivity contribution in [3.63, 3.8) is 0 Å². The number of amides is 2. The molecule has 0 radical (unpaired) electrons. The van der Waals surface area contributed by atoms with E-state index >= 15 is 0 Å². The van der Waals surface area contributed by atoms with Crippen LogP contribution in [0.15, 0.2) is 76.3 Å². The Morgan fingerprint density at radius 1 is 1.17 bits per heavy atom. The average molecular weight is 491 g/mol. The van der Waals surface area contributed by atoms with E-state index in [1.54, 1.807) is 22.3 Å². The number of hydrogen-bond acceptors (Lipinski definition) is 6. The highest BCUT2D eigenvalue weighted by Gasteiger charge is 2.35. The highest BCUT2D eigenvalue weighted by Crippen LogP contribution is 2.37. The molecule has 9 heteroatoms. The number of carbonyl (C=O) groups excluding carboxylic acids is 1. The Morgan fingerprint density at radius 2 is 2.00 bits per heavy atom. The molecule has 0 fully saturated rings. The smallest absolute Gasteiger partial charge is 0.322 e. The van der Waals surface area contributed by atoms with Gasteiger partial charge in [-0.3, -0.25) is 4.90 Å². The molecule has 7 nitrogen and oxygen atoms in total. The molecular weight excluding hydrogens is 467 g/mol. The number of thiophene rings is 1. The second kappa shape index (κ2) is 9.71. The predicted octanol–water partition coefficient (Wildman–Crippen LogP) is 5.69. The number of aromatic nitrogens is 2. The molecule has 0 bridgehead atoms. The Morgan fingerprint density at radius 3 is 2.71 bits per heavy atom. The van der Waals surface area contributed by atoms with E-state index in [1.807, 2.05) is 48.7 Å². The summed E-state index contributed by atoms with van der Waals surface area (Å²) in [6.07, 6.45) is 0.728. The number of allylic oxidation sites excluding steroid dienone is 1. The molecule has 0 spiro atoms. The SMILES string of the molecule is COc1ccc(-c2noc(C3=C(C)N(CCc4cccs4)C(=O)NC3c3ccccc3)n2)cc1F. The van der Waals surface area contributed by atoms with Crippen LogP contribution in [-0.4, -0.2) is 34.7 Å². The number of benzene rings is 2. The first-order chi connectivity index (χ1) is 17.0. The summed E-state index contributed by atoms with van der Waals surface area (Å²) in [5, 5.41) is 9.21. The third-order valence-electron chi connectivity index (χ3n) is 5.96. The number of hydrogen-bond donors (Lipinski definition) is 1. The van der Waals surface area contributed by atoms with Gasteiger partial charge < -0.3 is 14.6 Å². The molecule has 1 N–H and O–H groups in total. The quantitative estimate of drug-likeness (QED) is 0.360. The van der Waals surface area contributed by atoms with Gasteiger partial charge in [0.1, 0.15) is 0 Å². The van der Waals surface area contributed by atoms with Gasteiger partial charge in [0.2, 0.25) is 5.82 Å². The lowest BCUT2D eigenvalue weighted by atomic mass is 9.94. The third kappa shape index (κ3) is 4.54. The fourth-order valence-electron chi connectivity index (χ4n) is 4.16. The van der Waals surface area contributed by atoms with Crippen molar-refractivity contribution in [1.82, 2.24) is 20.4 Å². The van der Waals surface area contributed by atoms with Crippen LogP contribution in [0.2, 0.25) is 0 Å². The van der Waals surface area contributed by atoms with Crippen molar-refractivity contribution in [3.8, 4) is 17.1 Å². The Labute approximate surface area is 205 Å². The van der Waals surface area contributed by atoms with Gasteiger partial charge in [0.25, 0.3) is 5.89 Å². The summed E-state index contributed by atoms with van der Waals surface area (Å²) in [5.74, 6) is 0.134. The fraction of sp³-hybridized carbons (Fsp3) is 0.192. The van der Waals surface area contributed by atoms with Gasteiger partial charge >= 0.3 is 6.03 Å². The Bertz CT molecular complexity index is 1370. The molecule has 3 heterocycles. The van der Waals surface area contributed by atoms with Gasteiger partial charge in [-0.25, -0.2) is 9.18 Å². The molecule has 2 aromatic heterocycles. The molecule has 178 valence electrons. The van der Waals surface area contributed by atoms with Gasteiger partial charge in [-0.15, -0.1) is 11.3 Å². The van der Waals surface area contributed by atoms with E-state index < -0.39 is 11.9 Å². The number of nitrogens with zero attached hydrogens (tertiary/aromatic N) is 3. The minimum Gasteiger partial charge on any atom is -0.494 e. The van der Waals surface area contributed by atoms with Crippen LogP contribution in [0, 0.1) is 5.82 Å². The maximum Gasteiger partial charge on any atom is 0.322 e. The molecule has 0 aliphatic carbocycles. The molecule has 1 atom stereocenters. The summed E-state index contributed by atoms with van der Waals surface area (Å²) in [7, 11) is 1.41.